The van der Waals surface area contributed by atoms with Crippen LogP contribution in [0.1, 0.15) is 24.5 Å². The normalized spacial score (nSPS) is 21.7. The molecule has 1 N–H and O–H groups in total. The third-order valence-electron chi connectivity index (χ3n) is 3.78. The van der Waals surface area contributed by atoms with Gasteiger partial charge in [0.05, 0.1) is 0 Å². The number of hydrogen-bond acceptors (Lipinski definition) is 1. The highest BCUT2D eigenvalue weighted by Crippen LogP contribution is 2.43. The molecule has 96 valence electrons. The molecule has 0 bridgehead atoms. The van der Waals surface area contributed by atoms with Crippen LogP contribution in [0.25, 0.3) is 0 Å². The number of rotatable bonds is 1. The van der Waals surface area contributed by atoms with Crippen LogP contribution < -0.4 is 5.32 Å². The molecule has 0 fully saturated rings. The lowest BCUT2D eigenvalue weighted by molar-refractivity contribution is -0.117. The Kier molecular flexibility index (Phi) is 2.83. The molecule has 0 saturated carbocycles. The second-order valence-electron chi connectivity index (χ2n) is 5.11. The van der Waals surface area contributed by atoms with Gasteiger partial charge in [-0.15, -0.1) is 0 Å². The minimum atomic E-state index is -0.330. The molecular formula is C16H14ClNO. The Bertz CT molecular complexity index is 638. The van der Waals surface area contributed by atoms with Crippen molar-refractivity contribution in [2.24, 2.45) is 0 Å². The fraction of sp³-hybridized carbons (Fsp3) is 0.188. The van der Waals surface area contributed by atoms with Crippen molar-refractivity contribution >= 4 is 23.2 Å². The number of carbonyl (C=O) groups is 1. The molecule has 2 aromatic rings. The van der Waals surface area contributed by atoms with Gasteiger partial charge in [0.1, 0.15) is 0 Å². The van der Waals surface area contributed by atoms with Gasteiger partial charge in [0.15, 0.2) is 0 Å². The van der Waals surface area contributed by atoms with Gasteiger partial charge in [-0.05, 0) is 29.3 Å². The molecule has 0 radical (unpaired) electrons. The van der Waals surface area contributed by atoms with Crippen molar-refractivity contribution < 1.29 is 4.79 Å². The van der Waals surface area contributed by atoms with Crippen LogP contribution in [0.4, 0.5) is 5.69 Å². The van der Waals surface area contributed by atoms with Gasteiger partial charge in [0.25, 0.3) is 0 Å². The molecule has 0 aliphatic carbocycles. The molecule has 3 heteroatoms. The Labute approximate surface area is 117 Å². The standard InChI is InChI=1S/C16H14ClNO/c1-16(11-5-3-2-4-6-11)10-15(19)18-14-8-7-12(17)9-13(14)16/h2-9H,10H2,1H3,(H,18,19). The number of halogens is 1. The van der Waals surface area contributed by atoms with Crippen molar-refractivity contribution in [3.63, 3.8) is 0 Å². The predicted octanol–water partition coefficient (Wildman–Crippen LogP) is 3.99. The number of benzene rings is 2. The summed E-state index contributed by atoms with van der Waals surface area (Å²) in [6.45, 7) is 2.09. The van der Waals surface area contributed by atoms with E-state index in [2.05, 4.69) is 24.4 Å². The van der Waals surface area contributed by atoms with E-state index in [1.807, 2.05) is 30.3 Å². The van der Waals surface area contributed by atoms with Gasteiger partial charge in [0, 0.05) is 22.5 Å². The maximum atomic E-state index is 12.0. The van der Waals surface area contributed by atoms with E-state index < -0.39 is 0 Å². The average molecular weight is 272 g/mol. The van der Waals surface area contributed by atoms with Crippen molar-refractivity contribution in [1.82, 2.24) is 0 Å². The second kappa shape index (κ2) is 4.39. The van der Waals surface area contributed by atoms with E-state index in [4.69, 9.17) is 11.6 Å². The lowest BCUT2D eigenvalue weighted by Gasteiger charge is -2.36. The van der Waals surface area contributed by atoms with Crippen molar-refractivity contribution in [3.8, 4) is 0 Å². The summed E-state index contributed by atoms with van der Waals surface area (Å²) in [4.78, 5) is 12.0. The Morgan fingerprint density at radius 2 is 1.89 bits per heavy atom. The predicted molar refractivity (Wildman–Crippen MR) is 77.6 cm³/mol. The maximum Gasteiger partial charge on any atom is 0.225 e. The van der Waals surface area contributed by atoms with Crippen LogP contribution in [-0.4, -0.2) is 5.91 Å². The first-order valence-electron chi connectivity index (χ1n) is 6.25. The van der Waals surface area contributed by atoms with Crippen LogP contribution in [0, 0.1) is 0 Å². The van der Waals surface area contributed by atoms with Crippen molar-refractivity contribution in [2.45, 2.75) is 18.8 Å². The number of amides is 1. The van der Waals surface area contributed by atoms with Crippen molar-refractivity contribution in [2.75, 3.05) is 5.32 Å². The summed E-state index contributed by atoms with van der Waals surface area (Å²) in [7, 11) is 0. The molecule has 19 heavy (non-hydrogen) atoms. The lowest BCUT2D eigenvalue weighted by Crippen LogP contribution is -2.35. The zero-order chi connectivity index (χ0) is 13.5. The summed E-state index contributed by atoms with van der Waals surface area (Å²) in [5, 5.41) is 3.61. The maximum absolute atomic E-state index is 12.0. The summed E-state index contributed by atoms with van der Waals surface area (Å²) in [6, 6.07) is 15.7. The fourth-order valence-corrected chi connectivity index (χ4v) is 2.93. The Morgan fingerprint density at radius 1 is 1.16 bits per heavy atom. The van der Waals surface area contributed by atoms with Gasteiger partial charge < -0.3 is 5.32 Å². The molecule has 1 amide bonds. The van der Waals surface area contributed by atoms with Crippen LogP contribution in [-0.2, 0) is 10.2 Å². The summed E-state index contributed by atoms with van der Waals surface area (Å²) < 4.78 is 0. The molecule has 0 aromatic heterocycles. The van der Waals surface area contributed by atoms with Crippen molar-refractivity contribution in [3.05, 3.63) is 64.7 Å². The van der Waals surface area contributed by atoms with E-state index >= 15 is 0 Å². The fourth-order valence-electron chi connectivity index (χ4n) is 2.76. The molecule has 1 aliphatic heterocycles. The lowest BCUT2D eigenvalue weighted by atomic mass is 9.71. The minimum Gasteiger partial charge on any atom is -0.326 e. The Balaban J connectivity index is 2.23. The smallest absolute Gasteiger partial charge is 0.225 e. The van der Waals surface area contributed by atoms with Gasteiger partial charge in [-0.1, -0.05) is 48.9 Å². The van der Waals surface area contributed by atoms with E-state index in [0.29, 0.717) is 11.4 Å². The van der Waals surface area contributed by atoms with Crippen LogP contribution in [0.2, 0.25) is 5.02 Å². The molecule has 1 aliphatic rings. The van der Waals surface area contributed by atoms with E-state index in [9.17, 15) is 4.79 Å². The molecule has 1 heterocycles. The molecule has 1 unspecified atom stereocenters. The monoisotopic (exact) mass is 271 g/mol. The first kappa shape index (κ1) is 12.2. The van der Waals surface area contributed by atoms with Gasteiger partial charge in [-0.3, -0.25) is 4.79 Å². The summed E-state index contributed by atoms with van der Waals surface area (Å²) in [6.07, 6.45) is 0.435. The highest BCUT2D eigenvalue weighted by atomic mass is 35.5. The number of hydrogen-bond donors (Lipinski definition) is 1. The zero-order valence-electron chi connectivity index (χ0n) is 10.6. The highest BCUT2D eigenvalue weighted by Gasteiger charge is 2.37. The first-order valence-corrected chi connectivity index (χ1v) is 6.63. The molecular weight excluding hydrogens is 258 g/mol. The van der Waals surface area contributed by atoms with Gasteiger partial charge >= 0.3 is 0 Å². The highest BCUT2D eigenvalue weighted by molar-refractivity contribution is 6.30. The van der Waals surface area contributed by atoms with E-state index in [0.717, 1.165) is 16.8 Å². The minimum absolute atomic E-state index is 0.0428. The number of fused-ring (bicyclic) bond motifs is 1. The van der Waals surface area contributed by atoms with Crippen LogP contribution in [0.5, 0.6) is 0 Å². The molecule has 0 saturated heterocycles. The first-order chi connectivity index (χ1) is 9.09. The third kappa shape index (κ3) is 2.02. The summed E-state index contributed by atoms with van der Waals surface area (Å²) in [5.41, 5.74) is 2.73. The van der Waals surface area contributed by atoms with E-state index in [-0.39, 0.29) is 11.3 Å². The molecule has 2 nitrogen and oxygen atoms in total. The molecule has 0 spiro atoms. The molecule has 3 rings (SSSR count). The van der Waals surface area contributed by atoms with Crippen LogP contribution in [0.15, 0.2) is 48.5 Å². The average Bonchev–Trinajstić information content (AvgIpc) is 2.41. The SMILES string of the molecule is CC1(c2ccccc2)CC(=O)Nc2ccc(Cl)cc21. The van der Waals surface area contributed by atoms with Gasteiger partial charge in [-0.25, -0.2) is 0 Å². The third-order valence-corrected chi connectivity index (χ3v) is 4.01. The number of carbonyl (C=O) groups excluding carboxylic acids is 1. The van der Waals surface area contributed by atoms with Crippen LogP contribution in [0.3, 0.4) is 0 Å². The zero-order valence-corrected chi connectivity index (χ0v) is 11.4. The van der Waals surface area contributed by atoms with Gasteiger partial charge in [-0.2, -0.15) is 0 Å². The van der Waals surface area contributed by atoms with E-state index in [1.165, 1.54) is 0 Å². The van der Waals surface area contributed by atoms with E-state index in [1.54, 1.807) is 6.07 Å². The summed E-state index contributed by atoms with van der Waals surface area (Å²) in [5.74, 6) is 0.0428. The molecule has 1 atom stereocenters. The number of nitrogens with one attached hydrogen (secondary N) is 1. The largest absolute Gasteiger partial charge is 0.326 e. The van der Waals surface area contributed by atoms with Gasteiger partial charge in [0.2, 0.25) is 5.91 Å². The summed E-state index contributed by atoms with van der Waals surface area (Å²) >= 11 is 6.12. The van der Waals surface area contributed by atoms with Crippen molar-refractivity contribution in [1.29, 1.82) is 0 Å². The number of anilines is 1. The van der Waals surface area contributed by atoms with Crippen LogP contribution >= 0.6 is 11.6 Å². The topological polar surface area (TPSA) is 29.1 Å². The quantitative estimate of drug-likeness (QED) is 0.835. The Morgan fingerprint density at radius 3 is 2.63 bits per heavy atom. The Hall–Kier alpha value is -1.80. The molecule has 2 aromatic carbocycles. The second-order valence-corrected chi connectivity index (χ2v) is 5.55.